The lowest BCUT2D eigenvalue weighted by Gasteiger charge is -2.40. The zero-order valence-electron chi connectivity index (χ0n) is 53.9. The fourth-order valence-electron chi connectivity index (χ4n) is 11.0. The molecule has 0 aromatic heterocycles. The highest BCUT2D eigenvalue weighted by Crippen LogP contribution is 2.23. The van der Waals surface area contributed by atoms with Gasteiger partial charge in [0.2, 0.25) is 5.91 Å². The minimum Gasteiger partial charge on any atom is -0.394 e. The number of hydrogen-bond donors (Lipinski definition) is 6. The highest BCUT2D eigenvalue weighted by atomic mass is 16.7. The summed E-state index contributed by atoms with van der Waals surface area (Å²) in [5.74, 6) is -0.184. The van der Waals surface area contributed by atoms with Gasteiger partial charge in [0.25, 0.3) is 0 Å². The van der Waals surface area contributed by atoms with E-state index in [2.05, 4.69) is 92.1 Å². The van der Waals surface area contributed by atoms with Crippen molar-refractivity contribution in [3.63, 3.8) is 0 Å². The van der Waals surface area contributed by atoms with Crippen LogP contribution in [0.2, 0.25) is 0 Å². The van der Waals surface area contributed by atoms with Gasteiger partial charge in [-0.25, -0.2) is 0 Å². The Morgan fingerprint density at radius 1 is 0.422 bits per heavy atom. The highest BCUT2D eigenvalue weighted by molar-refractivity contribution is 5.76. The molecule has 482 valence electrons. The first-order chi connectivity index (χ1) is 40.8. The fraction of sp³-hybridized carbons (Fsp3) is 0.797. The molecule has 0 spiro atoms. The van der Waals surface area contributed by atoms with E-state index in [0.29, 0.717) is 6.42 Å². The fourth-order valence-corrected chi connectivity index (χ4v) is 11.0. The minimum absolute atomic E-state index is 0.184. The van der Waals surface area contributed by atoms with Gasteiger partial charge < -0.3 is 40.3 Å². The van der Waals surface area contributed by atoms with Gasteiger partial charge in [0.15, 0.2) is 6.29 Å². The Balaban J connectivity index is 2.14. The average molecular weight is 1160 g/mol. The van der Waals surface area contributed by atoms with Crippen LogP contribution in [-0.4, -0.2) is 87.5 Å². The zero-order valence-corrected chi connectivity index (χ0v) is 53.9. The van der Waals surface area contributed by atoms with E-state index in [-0.39, 0.29) is 12.5 Å². The van der Waals surface area contributed by atoms with E-state index in [4.69, 9.17) is 9.47 Å². The van der Waals surface area contributed by atoms with Gasteiger partial charge in [-0.3, -0.25) is 4.79 Å². The molecule has 1 rings (SSSR count). The van der Waals surface area contributed by atoms with Crippen LogP contribution >= 0.6 is 0 Å². The Morgan fingerprint density at radius 2 is 0.759 bits per heavy atom. The predicted octanol–water partition coefficient (Wildman–Crippen LogP) is 19.3. The number of nitrogens with one attached hydrogen (secondary N) is 1. The van der Waals surface area contributed by atoms with Crippen molar-refractivity contribution in [1.29, 1.82) is 0 Å². The van der Waals surface area contributed by atoms with Gasteiger partial charge in [-0.1, -0.05) is 324 Å². The molecule has 6 N–H and O–H groups in total. The molecule has 0 aromatic rings. The molecule has 1 heterocycles. The number of aliphatic hydroxyl groups is 5. The second kappa shape index (κ2) is 62.4. The van der Waals surface area contributed by atoms with Crippen molar-refractivity contribution in [1.82, 2.24) is 5.32 Å². The number of amides is 1. The molecule has 83 heavy (non-hydrogen) atoms. The molecule has 1 aliphatic rings. The molecular weight excluding hydrogens is 1030 g/mol. The SMILES string of the molecule is CC/C=C\C/C=C\C/C=C\C/C=C\C/C=C\CCCCCCCCCCCCCCCCCCCC(=O)NC(COC1OC(CO)C(O)C(O)C1O)C(O)/C=C/CC/C=C/CCCCCCCCCCCCCCCCCCCCCCC. The maximum Gasteiger partial charge on any atom is 0.220 e. The highest BCUT2D eigenvalue weighted by Gasteiger charge is 2.44. The van der Waals surface area contributed by atoms with Crippen LogP contribution in [0.5, 0.6) is 0 Å². The monoisotopic (exact) mass is 1160 g/mol. The zero-order chi connectivity index (χ0) is 60.0. The van der Waals surface area contributed by atoms with Crippen molar-refractivity contribution in [2.75, 3.05) is 13.2 Å². The number of allylic oxidation sites excluding steroid dienone is 13. The summed E-state index contributed by atoms with van der Waals surface area (Å²) in [4.78, 5) is 13.1. The molecular formula is C74H133NO8. The van der Waals surface area contributed by atoms with E-state index in [1.807, 2.05) is 6.08 Å². The first kappa shape index (κ1) is 78.4. The lowest BCUT2D eigenvalue weighted by atomic mass is 9.99. The Labute approximate surface area is 511 Å². The van der Waals surface area contributed by atoms with Crippen molar-refractivity contribution < 1.29 is 39.8 Å². The third-order valence-corrected chi connectivity index (χ3v) is 16.5. The van der Waals surface area contributed by atoms with E-state index in [9.17, 15) is 30.3 Å². The van der Waals surface area contributed by atoms with Gasteiger partial charge >= 0.3 is 0 Å². The maximum atomic E-state index is 13.1. The minimum atomic E-state index is -1.58. The van der Waals surface area contributed by atoms with E-state index in [1.165, 1.54) is 231 Å². The Bertz CT molecular complexity index is 1590. The lowest BCUT2D eigenvalue weighted by molar-refractivity contribution is -0.302. The Morgan fingerprint density at radius 3 is 1.16 bits per heavy atom. The normalized spacial score (nSPS) is 18.8. The molecule has 9 heteroatoms. The molecule has 1 aliphatic heterocycles. The maximum absolute atomic E-state index is 13.1. The summed E-state index contributed by atoms with van der Waals surface area (Å²) in [5, 5.41) is 54.8. The van der Waals surface area contributed by atoms with Crippen molar-refractivity contribution >= 4 is 5.91 Å². The molecule has 9 nitrogen and oxygen atoms in total. The molecule has 1 saturated heterocycles. The topological polar surface area (TPSA) is 149 Å². The summed E-state index contributed by atoms with van der Waals surface area (Å²) < 4.78 is 11.3. The van der Waals surface area contributed by atoms with Crippen LogP contribution in [0.1, 0.15) is 322 Å². The van der Waals surface area contributed by atoms with Crippen LogP contribution in [0.3, 0.4) is 0 Å². The van der Waals surface area contributed by atoms with Crippen LogP contribution in [0.25, 0.3) is 0 Å². The molecule has 0 aliphatic carbocycles. The summed E-state index contributed by atoms with van der Waals surface area (Å²) in [7, 11) is 0. The molecule has 0 aromatic carbocycles. The molecule has 7 unspecified atom stereocenters. The molecule has 0 saturated carbocycles. The first-order valence-electron chi connectivity index (χ1n) is 35.3. The summed E-state index contributed by atoms with van der Waals surface area (Å²) in [6.07, 6.45) is 82.6. The van der Waals surface area contributed by atoms with Gasteiger partial charge in [-0.2, -0.15) is 0 Å². The molecule has 0 radical (unpaired) electrons. The number of carbonyl (C=O) groups is 1. The number of hydrogen-bond acceptors (Lipinski definition) is 8. The Kier molecular flexibility index (Phi) is 59.0. The second-order valence-electron chi connectivity index (χ2n) is 24.3. The molecule has 1 fully saturated rings. The molecule has 1 amide bonds. The first-order valence-corrected chi connectivity index (χ1v) is 35.3. The van der Waals surface area contributed by atoms with E-state index in [1.54, 1.807) is 6.08 Å². The van der Waals surface area contributed by atoms with Gasteiger partial charge in [-0.05, 0) is 77.0 Å². The van der Waals surface area contributed by atoms with Gasteiger partial charge in [-0.15, -0.1) is 0 Å². The summed E-state index contributed by atoms with van der Waals surface area (Å²) in [6.45, 7) is 3.69. The van der Waals surface area contributed by atoms with Gasteiger partial charge in [0, 0.05) is 6.42 Å². The summed E-state index contributed by atoms with van der Waals surface area (Å²) in [6, 6.07) is -0.827. The lowest BCUT2D eigenvalue weighted by Crippen LogP contribution is -2.60. The Hall–Kier alpha value is -2.63. The van der Waals surface area contributed by atoms with Crippen LogP contribution in [-0.2, 0) is 14.3 Å². The third kappa shape index (κ3) is 51.2. The van der Waals surface area contributed by atoms with E-state index in [0.717, 1.165) is 70.6 Å². The van der Waals surface area contributed by atoms with Crippen LogP contribution in [0, 0.1) is 0 Å². The van der Waals surface area contributed by atoms with E-state index >= 15 is 0 Å². The third-order valence-electron chi connectivity index (χ3n) is 16.5. The molecule has 0 bridgehead atoms. The van der Waals surface area contributed by atoms with Crippen molar-refractivity contribution in [3.05, 3.63) is 85.1 Å². The number of carbonyl (C=O) groups excluding carboxylic acids is 1. The van der Waals surface area contributed by atoms with Crippen LogP contribution in [0.15, 0.2) is 85.1 Å². The summed E-state index contributed by atoms with van der Waals surface area (Å²) in [5.41, 5.74) is 0. The van der Waals surface area contributed by atoms with E-state index < -0.39 is 49.5 Å². The number of ether oxygens (including phenoxy) is 2. The predicted molar refractivity (Wildman–Crippen MR) is 355 cm³/mol. The van der Waals surface area contributed by atoms with Gasteiger partial charge in [0.1, 0.15) is 24.4 Å². The summed E-state index contributed by atoms with van der Waals surface area (Å²) >= 11 is 0. The van der Waals surface area contributed by atoms with Crippen molar-refractivity contribution in [3.8, 4) is 0 Å². The smallest absolute Gasteiger partial charge is 0.220 e. The van der Waals surface area contributed by atoms with Crippen LogP contribution in [0.4, 0.5) is 0 Å². The largest absolute Gasteiger partial charge is 0.394 e. The number of aliphatic hydroxyl groups excluding tert-OH is 5. The quantitative estimate of drug-likeness (QED) is 0.0261. The van der Waals surface area contributed by atoms with Gasteiger partial charge in [0.05, 0.1) is 25.4 Å². The van der Waals surface area contributed by atoms with Crippen LogP contribution < -0.4 is 5.32 Å². The standard InChI is InChI=1S/C74H133NO8/c1-3-5-7-9-11-13-15-17-19-21-23-25-27-29-31-32-33-34-35-36-38-40-42-44-46-48-50-52-54-56-58-60-62-64-70(78)75-67(66-82-74-73(81)72(80)71(79)69(65-76)83-74)68(77)63-61-59-57-55-53-51-49-47-45-43-41-39-37-30-28-26-24-22-20-18-16-14-12-10-8-6-4-2/h5,7,11,13,17,19,23,25,29,31,53,55,61,63,67-69,71-74,76-77,79-81H,3-4,6,8-10,12,14-16,18,20-22,24,26-28,30,32-52,54,56-60,62,64-66H2,1-2H3,(H,75,78)/b7-5-,13-11-,19-17-,25-23-,31-29-,55-53+,63-61+. The number of rotatable bonds is 61. The average Bonchev–Trinajstić information content (AvgIpc) is 3.61. The number of unbranched alkanes of at least 4 members (excludes halogenated alkanes) is 39. The second-order valence-corrected chi connectivity index (χ2v) is 24.3. The van der Waals surface area contributed by atoms with Crippen molar-refractivity contribution in [2.24, 2.45) is 0 Å². The molecule has 7 atom stereocenters. The van der Waals surface area contributed by atoms with Crippen molar-refractivity contribution in [2.45, 2.75) is 365 Å².